The number of thiophene rings is 1. The van der Waals surface area contributed by atoms with Crippen LogP contribution in [0, 0.1) is 6.92 Å². The second-order valence-electron chi connectivity index (χ2n) is 7.66. The van der Waals surface area contributed by atoms with E-state index in [1.54, 1.807) is 7.11 Å². The number of anilines is 1. The van der Waals surface area contributed by atoms with Gasteiger partial charge in [-0.3, -0.25) is 9.59 Å². The molecule has 3 N–H and O–H groups in total. The van der Waals surface area contributed by atoms with Crippen molar-refractivity contribution in [1.82, 2.24) is 4.98 Å². The molecule has 2 heterocycles. The lowest BCUT2D eigenvalue weighted by Crippen LogP contribution is -2.24. The second-order valence-corrected chi connectivity index (χ2v) is 10.1. The number of nitrogens with zero attached hydrogens (tertiary/aromatic N) is 1. The third-order valence-corrected chi connectivity index (χ3v) is 7.75. The lowest BCUT2D eigenvalue weighted by molar-refractivity contribution is -0.115. The molecule has 8 heteroatoms. The first-order valence-corrected chi connectivity index (χ1v) is 11.9. The number of hydrogen-bond donors (Lipinski definition) is 2. The zero-order valence-electron chi connectivity index (χ0n) is 17.8. The summed E-state index contributed by atoms with van der Waals surface area (Å²) in [5.41, 5.74) is 8.99. The first-order chi connectivity index (χ1) is 14.9. The molecule has 4 rings (SSSR count). The fourth-order valence-electron chi connectivity index (χ4n) is 3.95. The van der Waals surface area contributed by atoms with E-state index in [0.29, 0.717) is 16.3 Å². The lowest BCUT2D eigenvalue weighted by atomic mass is 9.95. The van der Waals surface area contributed by atoms with Gasteiger partial charge in [0.25, 0.3) is 5.91 Å². The molecule has 1 unspecified atom stereocenters. The molecule has 0 spiro atoms. The van der Waals surface area contributed by atoms with Crippen LogP contribution in [0.25, 0.3) is 10.9 Å². The lowest BCUT2D eigenvalue weighted by Gasteiger charge is -2.14. The molecule has 162 valence electrons. The van der Waals surface area contributed by atoms with Gasteiger partial charge < -0.3 is 15.8 Å². The molecule has 2 aromatic heterocycles. The van der Waals surface area contributed by atoms with Crippen LogP contribution in [0.15, 0.2) is 29.3 Å². The number of pyridine rings is 1. The van der Waals surface area contributed by atoms with E-state index in [2.05, 4.69) is 5.32 Å². The summed E-state index contributed by atoms with van der Waals surface area (Å²) in [5.74, 6) is 0.0509. The van der Waals surface area contributed by atoms with Crippen molar-refractivity contribution in [2.24, 2.45) is 5.73 Å². The van der Waals surface area contributed by atoms with E-state index in [1.165, 1.54) is 23.1 Å². The van der Waals surface area contributed by atoms with Gasteiger partial charge >= 0.3 is 0 Å². The van der Waals surface area contributed by atoms with Gasteiger partial charge in [-0.05, 0) is 62.8 Å². The Kier molecular flexibility index (Phi) is 6.20. The van der Waals surface area contributed by atoms with E-state index in [0.717, 1.165) is 57.6 Å². The normalized spacial score (nSPS) is 14.2. The van der Waals surface area contributed by atoms with Crippen LogP contribution >= 0.6 is 23.1 Å². The van der Waals surface area contributed by atoms with Crippen molar-refractivity contribution in [3.8, 4) is 5.75 Å². The van der Waals surface area contributed by atoms with Crippen LogP contribution in [0.2, 0.25) is 0 Å². The highest BCUT2D eigenvalue weighted by molar-refractivity contribution is 8.00. The third-order valence-electron chi connectivity index (χ3n) is 5.53. The van der Waals surface area contributed by atoms with Crippen molar-refractivity contribution >= 4 is 50.8 Å². The van der Waals surface area contributed by atoms with Crippen molar-refractivity contribution in [2.75, 3.05) is 12.4 Å². The number of hydrogen-bond acceptors (Lipinski definition) is 6. The zero-order chi connectivity index (χ0) is 22.1. The molecule has 0 saturated carbocycles. The number of aryl methyl sites for hydroxylation is 2. The smallest absolute Gasteiger partial charge is 0.251 e. The highest BCUT2D eigenvalue weighted by atomic mass is 32.2. The molecule has 31 heavy (non-hydrogen) atoms. The van der Waals surface area contributed by atoms with E-state index < -0.39 is 11.2 Å². The number of ether oxygens (including phenoxy) is 1. The Bertz CT molecular complexity index is 1170. The molecule has 0 saturated heterocycles. The zero-order valence-corrected chi connectivity index (χ0v) is 19.4. The molecule has 1 atom stereocenters. The number of fused-ring (bicyclic) bond motifs is 2. The van der Waals surface area contributed by atoms with Crippen LogP contribution in [0.1, 0.15) is 46.1 Å². The number of para-hydroxylation sites is 1. The Morgan fingerprint density at radius 3 is 2.81 bits per heavy atom. The summed E-state index contributed by atoms with van der Waals surface area (Å²) in [4.78, 5) is 30.9. The van der Waals surface area contributed by atoms with Gasteiger partial charge in [-0.1, -0.05) is 23.9 Å². The Morgan fingerprint density at radius 2 is 2.06 bits per heavy atom. The maximum Gasteiger partial charge on any atom is 0.251 e. The van der Waals surface area contributed by atoms with E-state index in [1.807, 2.05) is 38.1 Å². The molecule has 0 aliphatic heterocycles. The van der Waals surface area contributed by atoms with Gasteiger partial charge in [-0.15, -0.1) is 11.3 Å². The minimum Gasteiger partial charge on any atom is -0.494 e. The number of primary amides is 1. The Morgan fingerprint density at radius 1 is 1.29 bits per heavy atom. The quantitative estimate of drug-likeness (QED) is 0.525. The molecule has 0 fully saturated rings. The highest BCUT2D eigenvalue weighted by Crippen LogP contribution is 2.38. The molecule has 2 amide bonds. The highest BCUT2D eigenvalue weighted by Gasteiger charge is 2.26. The largest absolute Gasteiger partial charge is 0.494 e. The van der Waals surface area contributed by atoms with Gasteiger partial charge in [0, 0.05) is 10.3 Å². The molecular formula is C23H25N3O3S2. The van der Waals surface area contributed by atoms with E-state index >= 15 is 0 Å². The van der Waals surface area contributed by atoms with Gasteiger partial charge in [0.05, 0.1) is 22.9 Å². The van der Waals surface area contributed by atoms with E-state index in [-0.39, 0.29) is 5.91 Å². The summed E-state index contributed by atoms with van der Waals surface area (Å²) in [5, 5.41) is 4.89. The van der Waals surface area contributed by atoms with Crippen molar-refractivity contribution in [1.29, 1.82) is 0 Å². The predicted octanol–water partition coefficient (Wildman–Crippen LogP) is 4.71. The number of amides is 2. The summed E-state index contributed by atoms with van der Waals surface area (Å²) in [7, 11) is 1.62. The number of rotatable bonds is 6. The monoisotopic (exact) mass is 455 g/mol. The predicted molar refractivity (Wildman–Crippen MR) is 126 cm³/mol. The van der Waals surface area contributed by atoms with Gasteiger partial charge in [-0.2, -0.15) is 0 Å². The van der Waals surface area contributed by atoms with Crippen LogP contribution in [-0.2, 0) is 17.6 Å². The van der Waals surface area contributed by atoms with Crippen LogP contribution in [0.3, 0.4) is 0 Å². The average molecular weight is 456 g/mol. The molecule has 0 radical (unpaired) electrons. The third kappa shape index (κ3) is 4.27. The number of benzene rings is 1. The topological polar surface area (TPSA) is 94.3 Å². The van der Waals surface area contributed by atoms with Crippen LogP contribution in [0.4, 0.5) is 5.00 Å². The van der Waals surface area contributed by atoms with Gasteiger partial charge in [0.2, 0.25) is 5.91 Å². The molecule has 0 bridgehead atoms. The Balaban J connectivity index is 1.56. The summed E-state index contributed by atoms with van der Waals surface area (Å²) < 4.78 is 5.45. The summed E-state index contributed by atoms with van der Waals surface area (Å²) >= 11 is 2.86. The summed E-state index contributed by atoms with van der Waals surface area (Å²) in [6.07, 6.45) is 3.91. The fraction of sp³-hybridized carbons (Fsp3) is 0.348. The number of methoxy groups -OCH3 is 1. The minimum absolute atomic E-state index is 0.175. The van der Waals surface area contributed by atoms with Gasteiger partial charge in [0.1, 0.15) is 16.3 Å². The number of nitrogens with one attached hydrogen (secondary N) is 1. The number of aromatic nitrogens is 1. The fourth-order valence-corrected chi connectivity index (χ4v) is 6.16. The standard InChI is InChI=1S/C23H25N3O3S2/c1-12-11-18(25-20-14(12)8-6-9-16(20)29-3)30-13(2)22(28)26-23-19(21(24)27)15-7-4-5-10-17(15)31-23/h6,8-9,11,13H,4-5,7,10H2,1-3H3,(H2,24,27)(H,26,28). The van der Waals surface area contributed by atoms with Gasteiger partial charge in [-0.25, -0.2) is 4.98 Å². The molecular weight excluding hydrogens is 430 g/mol. The summed E-state index contributed by atoms with van der Waals surface area (Å²) in [6, 6.07) is 7.81. The maximum absolute atomic E-state index is 12.9. The molecule has 1 aromatic carbocycles. The maximum atomic E-state index is 12.9. The number of thioether (sulfide) groups is 1. The SMILES string of the molecule is COc1cccc2c(C)cc(SC(C)C(=O)Nc3sc4c(c3C(N)=O)CCCC4)nc12. The number of nitrogens with two attached hydrogens (primary N) is 1. The molecule has 6 nitrogen and oxygen atoms in total. The molecule has 3 aromatic rings. The van der Waals surface area contributed by atoms with E-state index in [4.69, 9.17) is 15.5 Å². The Hall–Kier alpha value is -2.58. The first-order valence-electron chi connectivity index (χ1n) is 10.2. The van der Waals surface area contributed by atoms with Crippen molar-refractivity contribution < 1.29 is 14.3 Å². The van der Waals surface area contributed by atoms with Crippen molar-refractivity contribution in [2.45, 2.75) is 49.8 Å². The first kappa shape index (κ1) is 21.6. The van der Waals surface area contributed by atoms with Crippen molar-refractivity contribution in [3.63, 3.8) is 0 Å². The van der Waals surface area contributed by atoms with Crippen molar-refractivity contribution in [3.05, 3.63) is 45.8 Å². The second kappa shape index (κ2) is 8.88. The van der Waals surface area contributed by atoms with E-state index in [9.17, 15) is 9.59 Å². The minimum atomic E-state index is -0.478. The molecule has 1 aliphatic carbocycles. The van der Waals surface area contributed by atoms with Crippen LogP contribution in [0.5, 0.6) is 5.75 Å². The van der Waals surface area contributed by atoms with Gasteiger partial charge in [0.15, 0.2) is 0 Å². The van der Waals surface area contributed by atoms with Crippen LogP contribution < -0.4 is 15.8 Å². The number of carbonyl (C=O) groups is 2. The Labute approximate surface area is 189 Å². The number of carbonyl (C=O) groups excluding carboxylic acids is 2. The molecule has 1 aliphatic rings. The van der Waals surface area contributed by atoms with Crippen LogP contribution in [-0.4, -0.2) is 29.2 Å². The average Bonchev–Trinajstić information content (AvgIpc) is 3.11. The summed E-state index contributed by atoms with van der Waals surface area (Å²) in [6.45, 7) is 3.86.